The second-order valence-corrected chi connectivity index (χ2v) is 6.62. The molecule has 4 rings (SSSR count). The molecule has 1 atom stereocenters. The van der Waals surface area contributed by atoms with Gasteiger partial charge in [-0.2, -0.15) is 0 Å². The molecule has 26 heavy (non-hydrogen) atoms. The van der Waals surface area contributed by atoms with E-state index in [1.165, 1.54) is 11.3 Å². The lowest BCUT2D eigenvalue weighted by atomic mass is 10.1. The molecule has 1 aliphatic rings. The van der Waals surface area contributed by atoms with Gasteiger partial charge >= 0.3 is 0 Å². The van der Waals surface area contributed by atoms with Gasteiger partial charge in [0, 0.05) is 0 Å². The quantitative estimate of drug-likeness (QED) is 0.541. The van der Waals surface area contributed by atoms with E-state index in [1.807, 2.05) is 42.5 Å². The summed E-state index contributed by atoms with van der Waals surface area (Å²) in [6.07, 6.45) is 2.10. The van der Waals surface area contributed by atoms with Gasteiger partial charge in [-0.1, -0.05) is 66.7 Å². The van der Waals surface area contributed by atoms with Gasteiger partial charge in [-0.25, -0.2) is 4.58 Å². The van der Waals surface area contributed by atoms with Gasteiger partial charge < -0.3 is 0 Å². The molecule has 0 fully saturated rings. The first kappa shape index (κ1) is 16.5. The molecular formula is C22H20N3S+. The number of anilines is 2. The number of rotatable bonds is 3. The average molecular weight is 358 g/mol. The van der Waals surface area contributed by atoms with Gasteiger partial charge in [0.25, 0.3) is 5.11 Å². The zero-order valence-corrected chi connectivity index (χ0v) is 15.1. The molecule has 0 saturated heterocycles. The highest BCUT2D eigenvalue weighted by Gasteiger charge is 2.33. The number of nitrogens with one attached hydrogen (secondary N) is 1. The Balaban J connectivity index is 1.65. The second kappa shape index (κ2) is 7.50. The predicted molar refractivity (Wildman–Crippen MR) is 112 cm³/mol. The molecular weight excluding hydrogens is 338 g/mol. The smallest absolute Gasteiger partial charge is 0.263 e. The molecule has 0 aromatic heterocycles. The van der Waals surface area contributed by atoms with Crippen LogP contribution in [-0.4, -0.2) is 22.6 Å². The molecule has 0 amide bonds. The van der Waals surface area contributed by atoms with Crippen LogP contribution in [0, 0.1) is 0 Å². The van der Waals surface area contributed by atoms with Crippen LogP contribution in [0.2, 0.25) is 0 Å². The lowest BCUT2D eigenvalue weighted by Gasteiger charge is -2.15. The van der Waals surface area contributed by atoms with Crippen molar-refractivity contribution < 1.29 is 4.58 Å². The van der Waals surface area contributed by atoms with Gasteiger partial charge in [0.15, 0.2) is 6.34 Å². The number of benzene rings is 3. The standard InChI is InChI=1S/C22H19N3S/c26-22(23-19-12-6-2-7-13-19)25-17-24(20-14-8-3-9-15-20)16-21(25)18-10-4-1-5-11-18/h1-15,17,21H,16H2/p+1. The Morgan fingerprint density at radius 2 is 1.42 bits per heavy atom. The van der Waals surface area contributed by atoms with Crippen LogP contribution in [0.1, 0.15) is 11.6 Å². The molecule has 1 heterocycles. The van der Waals surface area contributed by atoms with E-state index in [2.05, 4.69) is 69.7 Å². The fraction of sp³-hybridized carbons (Fsp3) is 0.0909. The maximum absolute atomic E-state index is 5.73. The molecule has 1 aliphatic heterocycles. The zero-order valence-electron chi connectivity index (χ0n) is 14.3. The lowest BCUT2D eigenvalue weighted by molar-refractivity contribution is -0.440. The Hall–Kier alpha value is -2.98. The largest absolute Gasteiger partial charge is 0.295 e. The average Bonchev–Trinajstić information content (AvgIpc) is 3.16. The number of para-hydroxylation sites is 2. The van der Waals surface area contributed by atoms with Crippen molar-refractivity contribution in [1.82, 2.24) is 0 Å². The molecule has 3 nitrogen and oxygen atoms in total. The predicted octanol–water partition coefficient (Wildman–Crippen LogP) is 4.69. The third-order valence-corrected chi connectivity index (χ3v) is 4.81. The molecule has 0 spiro atoms. The van der Waals surface area contributed by atoms with Crippen LogP contribution in [0.3, 0.4) is 0 Å². The summed E-state index contributed by atoms with van der Waals surface area (Å²) in [5.41, 5.74) is 3.41. The van der Waals surface area contributed by atoms with E-state index in [0.717, 1.165) is 12.2 Å². The van der Waals surface area contributed by atoms with Crippen LogP contribution < -0.4 is 10.2 Å². The van der Waals surface area contributed by atoms with Crippen molar-refractivity contribution in [3.63, 3.8) is 0 Å². The van der Waals surface area contributed by atoms with Crippen molar-refractivity contribution in [2.24, 2.45) is 0 Å². The highest BCUT2D eigenvalue weighted by atomic mass is 32.1. The summed E-state index contributed by atoms with van der Waals surface area (Å²) in [6.45, 7) is 0.852. The first-order chi connectivity index (χ1) is 12.8. The van der Waals surface area contributed by atoms with Crippen LogP contribution in [0.15, 0.2) is 91.0 Å². The normalized spacial score (nSPS) is 16.2. The molecule has 3 aromatic rings. The van der Waals surface area contributed by atoms with Crippen molar-refractivity contribution in [3.8, 4) is 0 Å². The molecule has 0 aliphatic carbocycles. The fourth-order valence-corrected chi connectivity index (χ4v) is 3.48. The van der Waals surface area contributed by atoms with Crippen LogP contribution in [0.5, 0.6) is 0 Å². The first-order valence-corrected chi connectivity index (χ1v) is 9.08. The highest BCUT2D eigenvalue weighted by Crippen LogP contribution is 2.26. The molecule has 128 valence electrons. The van der Waals surface area contributed by atoms with Gasteiger partial charge in [-0.05, 0) is 42.0 Å². The summed E-state index contributed by atoms with van der Waals surface area (Å²) in [4.78, 5) is 2.25. The third-order valence-electron chi connectivity index (χ3n) is 4.50. The summed E-state index contributed by atoms with van der Waals surface area (Å²) in [7, 11) is 0. The SMILES string of the molecule is S=C(Nc1ccccc1)[N+]1=CN(c2ccccc2)CC1c1ccccc1. The van der Waals surface area contributed by atoms with Crippen LogP contribution in [-0.2, 0) is 0 Å². The topological polar surface area (TPSA) is 18.3 Å². The molecule has 0 radical (unpaired) electrons. The molecule has 3 aromatic carbocycles. The molecule has 4 heteroatoms. The van der Waals surface area contributed by atoms with Crippen LogP contribution in [0.25, 0.3) is 0 Å². The summed E-state index contributed by atoms with van der Waals surface area (Å²) in [6, 6.07) is 31.1. The maximum atomic E-state index is 5.73. The minimum absolute atomic E-state index is 0.167. The maximum Gasteiger partial charge on any atom is 0.295 e. The van der Waals surface area contributed by atoms with E-state index in [4.69, 9.17) is 12.2 Å². The monoisotopic (exact) mass is 358 g/mol. The minimum atomic E-state index is 0.167. The third kappa shape index (κ3) is 3.51. The van der Waals surface area contributed by atoms with E-state index in [-0.39, 0.29) is 6.04 Å². The lowest BCUT2D eigenvalue weighted by Crippen LogP contribution is -2.28. The fourth-order valence-electron chi connectivity index (χ4n) is 3.19. The van der Waals surface area contributed by atoms with E-state index < -0.39 is 0 Å². The Morgan fingerprint density at radius 3 is 2.08 bits per heavy atom. The minimum Gasteiger partial charge on any atom is -0.263 e. The molecule has 1 unspecified atom stereocenters. The summed E-state index contributed by atoms with van der Waals surface area (Å²) in [5.74, 6) is 0. The Morgan fingerprint density at radius 1 is 0.846 bits per heavy atom. The van der Waals surface area contributed by atoms with Gasteiger partial charge in [-0.3, -0.25) is 10.2 Å². The van der Waals surface area contributed by atoms with Gasteiger partial charge in [-0.15, -0.1) is 0 Å². The summed E-state index contributed by atoms with van der Waals surface area (Å²) in [5, 5.41) is 4.05. The Labute approximate surface area is 159 Å². The zero-order chi connectivity index (χ0) is 17.8. The highest BCUT2D eigenvalue weighted by molar-refractivity contribution is 7.80. The number of hydrogen-bond donors (Lipinski definition) is 1. The molecule has 1 N–H and O–H groups in total. The number of thiocarbonyl (C=S) groups is 1. The summed E-state index contributed by atoms with van der Waals surface area (Å²) >= 11 is 5.73. The van der Waals surface area contributed by atoms with Gasteiger partial charge in [0.05, 0.1) is 11.4 Å². The van der Waals surface area contributed by atoms with Crippen molar-refractivity contribution in [2.75, 3.05) is 16.8 Å². The van der Waals surface area contributed by atoms with Crippen molar-refractivity contribution in [1.29, 1.82) is 0 Å². The van der Waals surface area contributed by atoms with Crippen molar-refractivity contribution >= 4 is 35.0 Å². The first-order valence-electron chi connectivity index (χ1n) is 8.67. The van der Waals surface area contributed by atoms with Crippen LogP contribution >= 0.6 is 12.2 Å². The van der Waals surface area contributed by atoms with Crippen LogP contribution in [0.4, 0.5) is 11.4 Å². The Bertz CT molecular complexity index is 908. The van der Waals surface area contributed by atoms with E-state index in [1.54, 1.807) is 0 Å². The number of hydrogen-bond acceptors (Lipinski definition) is 2. The molecule has 0 saturated carbocycles. The number of nitrogens with zero attached hydrogens (tertiary/aromatic N) is 2. The van der Waals surface area contributed by atoms with Crippen molar-refractivity contribution in [2.45, 2.75) is 6.04 Å². The van der Waals surface area contributed by atoms with Gasteiger partial charge in [0.1, 0.15) is 12.6 Å². The van der Waals surface area contributed by atoms with E-state index >= 15 is 0 Å². The molecule has 0 bridgehead atoms. The van der Waals surface area contributed by atoms with Crippen molar-refractivity contribution in [3.05, 3.63) is 96.6 Å². The second-order valence-electron chi connectivity index (χ2n) is 6.23. The van der Waals surface area contributed by atoms with E-state index in [0.29, 0.717) is 5.11 Å². The summed E-state index contributed by atoms with van der Waals surface area (Å²) < 4.78 is 2.14. The Kier molecular flexibility index (Phi) is 4.75. The van der Waals surface area contributed by atoms with Gasteiger partial charge in [0.2, 0.25) is 0 Å². The van der Waals surface area contributed by atoms with E-state index in [9.17, 15) is 0 Å².